The van der Waals surface area contributed by atoms with E-state index >= 15 is 0 Å². The number of ether oxygens (including phenoxy) is 1. The second-order valence-electron chi connectivity index (χ2n) is 4.02. The molecule has 88 valence electrons. The van der Waals surface area contributed by atoms with Gasteiger partial charge in [-0.2, -0.15) is 0 Å². The van der Waals surface area contributed by atoms with Crippen LogP contribution >= 0.6 is 12.4 Å². The summed E-state index contributed by atoms with van der Waals surface area (Å²) >= 11 is 0. The maximum Gasteiger partial charge on any atom is 0.317 e. The summed E-state index contributed by atoms with van der Waals surface area (Å²) in [4.78, 5) is 13.3. The monoisotopic (exact) mass is 234 g/mol. The SMILES string of the molecule is Cl.O=C(NCC1CCCCO1)N1CCC1. The molecule has 0 aromatic heterocycles. The van der Waals surface area contributed by atoms with Crippen molar-refractivity contribution in [2.45, 2.75) is 31.8 Å². The van der Waals surface area contributed by atoms with Gasteiger partial charge in [-0.3, -0.25) is 0 Å². The van der Waals surface area contributed by atoms with Gasteiger partial charge >= 0.3 is 6.03 Å². The maximum atomic E-state index is 11.4. The van der Waals surface area contributed by atoms with E-state index < -0.39 is 0 Å². The maximum absolute atomic E-state index is 11.4. The number of hydrogen-bond donors (Lipinski definition) is 1. The lowest BCUT2D eigenvalue weighted by atomic mass is 10.1. The van der Waals surface area contributed by atoms with Crippen LogP contribution in [0, 0.1) is 0 Å². The van der Waals surface area contributed by atoms with Crippen LogP contribution in [-0.4, -0.2) is 43.3 Å². The van der Waals surface area contributed by atoms with E-state index in [1.54, 1.807) is 0 Å². The molecule has 1 atom stereocenters. The lowest BCUT2D eigenvalue weighted by molar-refractivity contribution is 0.0173. The zero-order valence-corrected chi connectivity index (χ0v) is 9.72. The Morgan fingerprint density at radius 3 is 2.67 bits per heavy atom. The van der Waals surface area contributed by atoms with Gasteiger partial charge in [0.1, 0.15) is 0 Å². The Labute approximate surface area is 96.7 Å². The van der Waals surface area contributed by atoms with Crippen molar-refractivity contribution >= 4 is 18.4 Å². The minimum atomic E-state index is 0. The number of nitrogens with zero attached hydrogens (tertiary/aromatic N) is 1. The van der Waals surface area contributed by atoms with Crippen LogP contribution in [0.4, 0.5) is 4.79 Å². The number of carbonyl (C=O) groups is 1. The minimum absolute atomic E-state index is 0. The van der Waals surface area contributed by atoms with Crippen molar-refractivity contribution in [1.82, 2.24) is 10.2 Å². The second-order valence-corrected chi connectivity index (χ2v) is 4.02. The molecule has 2 heterocycles. The highest BCUT2D eigenvalue weighted by molar-refractivity contribution is 5.85. The molecule has 2 aliphatic heterocycles. The Hall–Kier alpha value is -0.480. The molecule has 5 heteroatoms. The molecule has 2 fully saturated rings. The van der Waals surface area contributed by atoms with Crippen LogP contribution in [0.25, 0.3) is 0 Å². The van der Waals surface area contributed by atoms with Crippen molar-refractivity contribution in [3.63, 3.8) is 0 Å². The summed E-state index contributed by atoms with van der Waals surface area (Å²) in [5.41, 5.74) is 0. The number of likely N-dealkylation sites (tertiary alicyclic amines) is 1. The first kappa shape index (κ1) is 12.6. The first-order chi connectivity index (χ1) is 6.86. The molecule has 2 amide bonds. The Morgan fingerprint density at radius 1 is 1.33 bits per heavy atom. The fraction of sp³-hybridized carbons (Fsp3) is 0.900. The van der Waals surface area contributed by atoms with Crippen LogP contribution in [-0.2, 0) is 4.74 Å². The van der Waals surface area contributed by atoms with Gasteiger partial charge in [0, 0.05) is 26.2 Å². The number of amides is 2. The van der Waals surface area contributed by atoms with Crippen LogP contribution in [0.15, 0.2) is 0 Å². The molecular weight excluding hydrogens is 216 g/mol. The van der Waals surface area contributed by atoms with E-state index in [1.165, 1.54) is 6.42 Å². The zero-order valence-electron chi connectivity index (χ0n) is 8.91. The van der Waals surface area contributed by atoms with Gasteiger partial charge in [0.15, 0.2) is 0 Å². The summed E-state index contributed by atoms with van der Waals surface area (Å²) in [5, 5.41) is 2.92. The largest absolute Gasteiger partial charge is 0.376 e. The molecule has 1 unspecified atom stereocenters. The Kier molecular flexibility index (Phi) is 5.19. The van der Waals surface area contributed by atoms with Gasteiger partial charge in [0.2, 0.25) is 0 Å². The van der Waals surface area contributed by atoms with Crippen molar-refractivity contribution in [2.24, 2.45) is 0 Å². The molecule has 0 aromatic rings. The van der Waals surface area contributed by atoms with Gasteiger partial charge in [-0.15, -0.1) is 12.4 Å². The van der Waals surface area contributed by atoms with Crippen LogP contribution in [0.5, 0.6) is 0 Å². The molecule has 0 aromatic carbocycles. The second kappa shape index (κ2) is 6.18. The van der Waals surface area contributed by atoms with Crippen LogP contribution < -0.4 is 5.32 Å². The molecule has 0 radical (unpaired) electrons. The van der Waals surface area contributed by atoms with Crippen LogP contribution in [0.1, 0.15) is 25.7 Å². The first-order valence-corrected chi connectivity index (χ1v) is 5.50. The Bertz CT molecular complexity index is 204. The van der Waals surface area contributed by atoms with Crippen molar-refractivity contribution in [2.75, 3.05) is 26.2 Å². The molecule has 0 aliphatic carbocycles. The van der Waals surface area contributed by atoms with Gasteiger partial charge in [0.05, 0.1) is 6.10 Å². The van der Waals surface area contributed by atoms with E-state index in [4.69, 9.17) is 4.74 Å². The molecule has 2 aliphatic rings. The molecule has 0 spiro atoms. The summed E-state index contributed by atoms with van der Waals surface area (Å²) in [5.74, 6) is 0. The van der Waals surface area contributed by atoms with Crippen molar-refractivity contribution in [3.8, 4) is 0 Å². The van der Waals surface area contributed by atoms with Crippen LogP contribution in [0.2, 0.25) is 0 Å². The lowest BCUT2D eigenvalue weighted by Crippen LogP contribution is -2.49. The van der Waals surface area contributed by atoms with Gasteiger partial charge in [-0.1, -0.05) is 0 Å². The lowest BCUT2D eigenvalue weighted by Gasteiger charge is -2.32. The summed E-state index contributed by atoms with van der Waals surface area (Å²) in [6, 6.07) is 0.0745. The Balaban J connectivity index is 0.00000112. The average molecular weight is 235 g/mol. The predicted molar refractivity (Wildman–Crippen MR) is 60.4 cm³/mol. The van der Waals surface area contributed by atoms with Gasteiger partial charge in [-0.25, -0.2) is 4.79 Å². The molecule has 0 saturated carbocycles. The zero-order chi connectivity index (χ0) is 9.80. The van der Waals surface area contributed by atoms with E-state index in [0.29, 0.717) is 6.54 Å². The van der Waals surface area contributed by atoms with Crippen molar-refractivity contribution < 1.29 is 9.53 Å². The number of hydrogen-bond acceptors (Lipinski definition) is 2. The standard InChI is InChI=1S/C10H18N2O2.ClH/c13-10(12-5-3-6-12)11-8-9-4-1-2-7-14-9;/h9H,1-8H2,(H,11,13);1H. The summed E-state index contributed by atoms with van der Waals surface area (Å²) in [7, 11) is 0. The van der Waals surface area contributed by atoms with E-state index in [9.17, 15) is 4.79 Å². The highest BCUT2D eigenvalue weighted by Crippen LogP contribution is 2.12. The topological polar surface area (TPSA) is 41.6 Å². The van der Waals surface area contributed by atoms with E-state index in [0.717, 1.165) is 39.0 Å². The highest BCUT2D eigenvalue weighted by atomic mass is 35.5. The number of halogens is 1. The number of urea groups is 1. The van der Waals surface area contributed by atoms with Crippen molar-refractivity contribution in [1.29, 1.82) is 0 Å². The molecule has 15 heavy (non-hydrogen) atoms. The normalized spacial score (nSPS) is 25.1. The minimum Gasteiger partial charge on any atom is -0.376 e. The summed E-state index contributed by atoms with van der Waals surface area (Å²) < 4.78 is 5.53. The van der Waals surface area contributed by atoms with Gasteiger partial charge in [0.25, 0.3) is 0 Å². The van der Waals surface area contributed by atoms with E-state index in [1.807, 2.05) is 4.90 Å². The predicted octanol–water partition coefficient (Wildman–Crippen LogP) is 1.39. The molecule has 2 rings (SSSR count). The first-order valence-electron chi connectivity index (χ1n) is 5.50. The van der Waals surface area contributed by atoms with Crippen molar-refractivity contribution in [3.05, 3.63) is 0 Å². The average Bonchev–Trinajstić information content (AvgIpc) is 2.14. The molecule has 1 N–H and O–H groups in total. The third kappa shape index (κ3) is 3.54. The van der Waals surface area contributed by atoms with E-state index in [2.05, 4.69) is 5.32 Å². The quantitative estimate of drug-likeness (QED) is 0.785. The number of rotatable bonds is 2. The van der Waals surface area contributed by atoms with Gasteiger partial charge in [-0.05, 0) is 25.7 Å². The smallest absolute Gasteiger partial charge is 0.317 e. The summed E-state index contributed by atoms with van der Waals surface area (Å²) in [6.07, 6.45) is 4.86. The fourth-order valence-corrected chi connectivity index (χ4v) is 1.80. The van der Waals surface area contributed by atoms with Crippen LogP contribution in [0.3, 0.4) is 0 Å². The Morgan fingerprint density at radius 2 is 2.13 bits per heavy atom. The molecule has 0 bridgehead atoms. The molecule has 2 saturated heterocycles. The summed E-state index contributed by atoms with van der Waals surface area (Å²) in [6.45, 7) is 3.36. The molecule has 4 nitrogen and oxygen atoms in total. The third-order valence-electron chi connectivity index (χ3n) is 2.90. The fourth-order valence-electron chi connectivity index (χ4n) is 1.80. The van der Waals surface area contributed by atoms with E-state index in [-0.39, 0.29) is 24.5 Å². The molecular formula is C10H19ClN2O2. The number of nitrogens with one attached hydrogen (secondary N) is 1. The van der Waals surface area contributed by atoms with Gasteiger partial charge < -0.3 is 15.0 Å². The number of carbonyl (C=O) groups excluding carboxylic acids is 1. The third-order valence-corrected chi connectivity index (χ3v) is 2.90. The highest BCUT2D eigenvalue weighted by Gasteiger charge is 2.21.